The molecule has 142 valence electrons. The zero-order chi connectivity index (χ0) is 18.8. The fourth-order valence-corrected chi connectivity index (χ4v) is 3.43. The van der Waals surface area contributed by atoms with Crippen LogP contribution in [0.5, 0.6) is 0 Å². The minimum absolute atomic E-state index is 0.0316. The van der Waals surface area contributed by atoms with E-state index in [1.165, 1.54) is 0 Å². The highest BCUT2D eigenvalue weighted by Gasteiger charge is 2.32. The van der Waals surface area contributed by atoms with Gasteiger partial charge in [0.1, 0.15) is 5.82 Å². The highest BCUT2D eigenvalue weighted by molar-refractivity contribution is 5.81. The van der Waals surface area contributed by atoms with E-state index in [1.54, 1.807) is 12.4 Å². The number of carbonyl (C=O) groups is 1. The van der Waals surface area contributed by atoms with Crippen LogP contribution in [0.2, 0.25) is 0 Å². The molecule has 0 saturated carbocycles. The van der Waals surface area contributed by atoms with Crippen molar-refractivity contribution in [3.8, 4) is 11.4 Å². The van der Waals surface area contributed by atoms with E-state index in [4.69, 9.17) is 19.4 Å². The molecule has 1 saturated heterocycles. The number of amides is 1. The number of anilines is 1. The highest BCUT2D eigenvalue weighted by atomic mass is 16.6. The second-order valence-electron chi connectivity index (χ2n) is 6.87. The van der Waals surface area contributed by atoms with E-state index in [0.29, 0.717) is 38.7 Å². The second-order valence-corrected chi connectivity index (χ2v) is 6.87. The van der Waals surface area contributed by atoms with Gasteiger partial charge in [0.15, 0.2) is 11.9 Å². The van der Waals surface area contributed by atoms with E-state index in [2.05, 4.69) is 4.98 Å². The van der Waals surface area contributed by atoms with Crippen LogP contribution in [0.15, 0.2) is 24.5 Å². The van der Waals surface area contributed by atoms with Crippen molar-refractivity contribution in [1.82, 2.24) is 19.9 Å². The quantitative estimate of drug-likeness (QED) is 0.795. The van der Waals surface area contributed by atoms with Gasteiger partial charge in [-0.15, -0.1) is 0 Å². The van der Waals surface area contributed by atoms with Gasteiger partial charge in [-0.1, -0.05) is 0 Å². The van der Waals surface area contributed by atoms with Crippen LogP contribution in [0.4, 0.5) is 5.82 Å². The summed E-state index contributed by atoms with van der Waals surface area (Å²) in [5.74, 6) is 1.51. The van der Waals surface area contributed by atoms with Crippen LogP contribution in [0.1, 0.15) is 11.3 Å². The molecule has 2 aromatic heterocycles. The molecule has 0 spiro atoms. The number of pyridine rings is 1. The molecule has 4 heterocycles. The number of ether oxygens (including phenoxy) is 2. The Labute approximate surface area is 158 Å². The summed E-state index contributed by atoms with van der Waals surface area (Å²) >= 11 is 0. The first-order valence-electron chi connectivity index (χ1n) is 9.09. The number of rotatable bonds is 3. The molecule has 1 atom stereocenters. The molecule has 1 fully saturated rings. The van der Waals surface area contributed by atoms with Gasteiger partial charge >= 0.3 is 0 Å². The third-order valence-corrected chi connectivity index (χ3v) is 4.81. The lowest BCUT2D eigenvalue weighted by atomic mass is 10.0. The fraction of sp³-hybridized carbons (Fsp3) is 0.474. The molecule has 2 aromatic rings. The third kappa shape index (κ3) is 3.63. The van der Waals surface area contributed by atoms with Crippen molar-refractivity contribution in [2.24, 2.45) is 0 Å². The molecular weight excluding hydrogens is 346 g/mol. The van der Waals surface area contributed by atoms with Gasteiger partial charge in [0, 0.05) is 44.2 Å². The van der Waals surface area contributed by atoms with Crippen molar-refractivity contribution in [1.29, 1.82) is 0 Å². The Morgan fingerprint density at radius 1 is 1.22 bits per heavy atom. The van der Waals surface area contributed by atoms with Crippen LogP contribution >= 0.6 is 0 Å². The van der Waals surface area contributed by atoms with Crippen LogP contribution in [0.3, 0.4) is 0 Å². The Kier molecular flexibility index (Phi) is 5.00. The van der Waals surface area contributed by atoms with E-state index >= 15 is 0 Å². The first kappa shape index (κ1) is 17.8. The van der Waals surface area contributed by atoms with Gasteiger partial charge in [0.05, 0.1) is 32.1 Å². The molecule has 0 radical (unpaired) electrons. The molecule has 0 N–H and O–H groups in total. The fourth-order valence-electron chi connectivity index (χ4n) is 3.43. The Morgan fingerprint density at radius 3 is 2.74 bits per heavy atom. The molecule has 0 aromatic carbocycles. The SMILES string of the molecule is CN(C)c1nc(-c2ccncc2)nc2c1CCN(C(=O)[C@@H]1COCCO1)C2. The number of hydrogen-bond acceptors (Lipinski definition) is 7. The van der Waals surface area contributed by atoms with E-state index in [9.17, 15) is 4.79 Å². The summed E-state index contributed by atoms with van der Waals surface area (Å²) < 4.78 is 11.0. The molecule has 0 aliphatic carbocycles. The van der Waals surface area contributed by atoms with E-state index in [0.717, 1.165) is 29.1 Å². The summed E-state index contributed by atoms with van der Waals surface area (Å²) in [4.78, 5) is 30.2. The monoisotopic (exact) mass is 369 g/mol. The van der Waals surface area contributed by atoms with Crippen LogP contribution in [-0.2, 0) is 27.2 Å². The molecule has 0 unspecified atom stereocenters. The third-order valence-electron chi connectivity index (χ3n) is 4.81. The van der Waals surface area contributed by atoms with Crippen LogP contribution in [0.25, 0.3) is 11.4 Å². The second kappa shape index (κ2) is 7.58. The molecule has 1 amide bonds. The summed E-state index contributed by atoms with van der Waals surface area (Å²) in [6.07, 6.45) is 3.65. The minimum atomic E-state index is -0.518. The molecule has 8 nitrogen and oxygen atoms in total. The summed E-state index contributed by atoms with van der Waals surface area (Å²) in [5, 5.41) is 0. The maximum atomic E-state index is 12.8. The van der Waals surface area contributed by atoms with Gasteiger partial charge in [-0.3, -0.25) is 9.78 Å². The molecule has 2 aliphatic heterocycles. The summed E-state index contributed by atoms with van der Waals surface area (Å²) in [6.45, 7) is 2.40. The van der Waals surface area contributed by atoms with E-state index in [-0.39, 0.29) is 5.91 Å². The Balaban J connectivity index is 1.65. The highest BCUT2D eigenvalue weighted by Crippen LogP contribution is 2.28. The average molecular weight is 369 g/mol. The standard InChI is InChI=1S/C19H23N5O3/c1-23(2)18-14-5-8-24(19(25)16-12-26-9-10-27-16)11-15(14)21-17(22-18)13-3-6-20-7-4-13/h3-4,6-7,16H,5,8-12H2,1-2H3/t16-/m0/s1. The van der Waals surface area contributed by atoms with Crippen molar-refractivity contribution in [3.63, 3.8) is 0 Å². The molecule has 8 heteroatoms. The number of hydrogen-bond donors (Lipinski definition) is 0. The summed E-state index contributed by atoms with van der Waals surface area (Å²) in [6, 6.07) is 3.78. The van der Waals surface area contributed by atoms with Gasteiger partial charge in [-0.2, -0.15) is 0 Å². The van der Waals surface area contributed by atoms with Crippen molar-refractivity contribution in [2.75, 3.05) is 45.4 Å². The smallest absolute Gasteiger partial charge is 0.254 e. The van der Waals surface area contributed by atoms with Gasteiger partial charge in [-0.25, -0.2) is 9.97 Å². The zero-order valence-electron chi connectivity index (χ0n) is 15.6. The van der Waals surface area contributed by atoms with Crippen molar-refractivity contribution in [2.45, 2.75) is 19.1 Å². The first-order chi connectivity index (χ1) is 13.1. The minimum Gasteiger partial charge on any atom is -0.376 e. The number of aromatic nitrogens is 3. The lowest BCUT2D eigenvalue weighted by Crippen LogP contribution is -2.47. The largest absolute Gasteiger partial charge is 0.376 e. The molecule has 2 aliphatic rings. The first-order valence-corrected chi connectivity index (χ1v) is 9.09. The van der Waals surface area contributed by atoms with Crippen LogP contribution < -0.4 is 4.90 Å². The number of nitrogens with zero attached hydrogens (tertiary/aromatic N) is 5. The number of fused-ring (bicyclic) bond motifs is 1. The van der Waals surface area contributed by atoms with E-state index in [1.807, 2.05) is 36.0 Å². The Bertz CT molecular complexity index is 822. The van der Waals surface area contributed by atoms with Gasteiger partial charge in [0.25, 0.3) is 5.91 Å². The maximum Gasteiger partial charge on any atom is 0.254 e. The Hall–Kier alpha value is -2.58. The van der Waals surface area contributed by atoms with Crippen LogP contribution in [0, 0.1) is 0 Å². The van der Waals surface area contributed by atoms with Gasteiger partial charge in [0.2, 0.25) is 0 Å². The predicted octanol–water partition coefficient (Wildman–Crippen LogP) is 0.905. The molecule has 27 heavy (non-hydrogen) atoms. The van der Waals surface area contributed by atoms with Crippen molar-refractivity contribution < 1.29 is 14.3 Å². The zero-order valence-corrected chi connectivity index (χ0v) is 15.6. The number of carbonyl (C=O) groups excluding carboxylic acids is 1. The normalized spacial score (nSPS) is 19.5. The summed E-state index contributed by atoms with van der Waals surface area (Å²) in [7, 11) is 3.95. The lowest BCUT2D eigenvalue weighted by molar-refractivity contribution is -0.158. The Morgan fingerprint density at radius 2 is 2.04 bits per heavy atom. The topological polar surface area (TPSA) is 80.7 Å². The predicted molar refractivity (Wildman–Crippen MR) is 99.3 cm³/mol. The van der Waals surface area contributed by atoms with Gasteiger partial charge < -0.3 is 19.3 Å². The average Bonchev–Trinajstić information content (AvgIpc) is 2.73. The van der Waals surface area contributed by atoms with E-state index < -0.39 is 6.10 Å². The van der Waals surface area contributed by atoms with Crippen LogP contribution in [-0.4, -0.2) is 72.3 Å². The van der Waals surface area contributed by atoms with Gasteiger partial charge in [-0.05, 0) is 18.6 Å². The maximum absolute atomic E-state index is 12.8. The van der Waals surface area contributed by atoms with Crippen molar-refractivity contribution >= 4 is 11.7 Å². The summed E-state index contributed by atoms with van der Waals surface area (Å²) in [5.41, 5.74) is 2.89. The molecule has 0 bridgehead atoms. The lowest BCUT2D eigenvalue weighted by Gasteiger charge is -2.33. The molecular formula is C19H23N5O3. The molecule has 4 rings (SSSR count). The van der Waals surface area contributed by atoms with Crippen molar-refractivity contribution in [3.05, 3.63) is 35.8 Å².